The summed E-state index contributed by atoms with van der Waals surface area (Å²) in [6, 6.07) is 10.2. The predicted octanol–water partition coefficient (Wildman–Crippen LogP) is 3.56. The summed E-state index contributed by atoms with van der Waals surface area (Å²) < 4.78 is 61.5. The summed E-state index contributed by atoms with van der Waals surface area (Å²) in [7, 11) is -1.88. The summed E-state index contributed by atoms with van der Waals surface area (Å²) in [5.41, 5.74) is -3.21. The molecule has 1 fully saturated rings. The average Bonchev–Trinajstić information content (AvgIpc) is 3.05. The molecule has 0 unspecified atom stereocenters. The Morgan fingerprint density at radius 3 is 2.29 bits per heavy atom. The minimum atomic E-state index is -5.54. The number of sulfone groups is 1. The number of alkyl halides is 3. The predicted molar refractivity (Wildman–Crippen MR) is 119 cm³/mol. The van der Waals surface area contributed by atoms with Gasteiger partial charge in [-0.3, -0.25) is 9.78 Å². The minimum Gasteiger partial charge on any atom is -0.376 e. The number of para-hydroxylation sites is 1. The second kappa shape index (κ2) is 8.28. The molecule has 178 valence electrons. The van der Waals surface area contributed by atoms with Gasteiger partial charge in [0.05, 0.1) is 34.5 Å². The first-order valence-electron chi connectivity index (χ1n) is 9.99. The van der Waals surface area contributed by atoms with Crippen molar-refractivity contribution in [3.8, 4) is 0 Å². The van der Waals surface area contributed by atoms with Gasteiger partial charge in [0.1, 0.15) is 6.54 Å². The van der Waals surface area contributed by atoms with E-state index >= 15 is 0 Å². The lowest BCUT2D eigenvalue weighted by Crippen LogP contribution is -2.33. The van der Waals surface area contributed by atoms with Gasteiger partial charge < -0.3 is 9.80 Å². The van der Waals surface area contributed by atoms with E-state index in [4.69, 9.17) is 0 Å². The SMILES string of the molecule is CN(C)c1cnc2ccccc2c1CN1CC(=O)N(c2ccc(S(=O)(=O)C(F)(F)F)cc2)C1=O. The Bertz CT molecular complexity index is 1390. The molecule has 1 saturated heterocycles. The number of fused-ring (bicyclic) bond motifs is 1. The number of carbonyl (C=O) groups is 2. The second-order valence-corrected chi connectivity index (χ2v) is 9.79. The van der Waals surface area contributed by atoms with Crippen molar-refractivity contribution in [2.75, 3.05) is 30.4 Å². The third-order valence-electron chi connectivity index (χ3n) is 5.44. The summed E-state index contributed by atoms with van der Waals surface area (Å²) in [6.07, 6.45) is 1.68. The Morgan fingerprint density at radius 1 is 1.03 bits per heavy atom. The first kappa shape index (κ1) is 23.5. The van der Waals surface area contributed by atoms with Crippen molar-refractivity contribution in [1.82, 2.24) is 9.88 Å². The van der Waals surface area contributed by atoms with Gasteiger partial charge in [0, 0.05) is 25.0 Å². The van der Waals surface area contributed by atoms with Crippen LogP contribution >= 0.6 is 0 Å². The monoisotopic (exact) mass is 492 g/mol. The van der Waals surface area contributed by atoms with Gasteiger partial charge >= 0.3 is 11.5 Å². The number of hydrogen-bond acceptors (Lipinski definition) is 6. The molecule has 0 bridgehead atoms. The maximum Gasteiger partial charge on any atom is 0.501 e. The van der Waals surface area contributed by atoms with Crippen LogP contribution in [0.2, 0.25) is 0 Å². The van der Waals surface area contributed by atoms with E-state index < -0.39 is 32.2 Å². The van der Waals surface area contributed by atoms with E-state index in [0.717, 1.165) is 51.3 Å². The highest BCUT2D eigenvalue weighted by Gasteiger charge is 2.47. The zero-order chi connectivity index (χ0) is 24.8. The number of urea groups is 1. The summed E-state index contributed by atoms with van der Waals surface area (Å²) >= 11 is 0. The van der Waals surface area contributed by atoms with Crippen LogP contribution in [0.4, 0.5) is 29.3 Å². The van der Waals surface area contributed by atoms with Gasteiger partial charge in [-0.25, -0.2) is 18.1 Å². The minimum absolute atomic E-state index is 0.0222. The molecule has 3 aromatic rings. The van der Waals surface area contributed by atoms with Gasteiger partial charge in [-0.15, -0.1) is 0 Å². The molecule has 0 N–H and O–H groups in total. The standard InChI is InChI=1S/C22H19F3N4O4S/c1-27(2)19-11-26-18-6-4-3-5-16(18)17(19)12-28-13-20(30)29(21(28)31)14-7-9-15(10-8-14)34(32,33)22(23,24)25/h3-11H,12-13H2,1-2H3. The van der Waals surface area contributed by atoms with Crippen molar-refractivity contribution in [3.63, 3.8) is 0 Å². The highest BCUT2D eigenvalue weighted by atomic mass is 32.2. The first-order chi connectivity index (χ1) is 15.9. The number of imide groups is 1. The number of pyridine rings is 1. The Morgan fingerprint density at radius 2 is 1.68 bits per heavy atom. The van der Waals surface area contributed by atoms with Crippen LogP contribution in [0, 0.1) is 0 Å². The molecule has 0 saturated carbocycles. The van der Waals surface area contributed by atoms with E-state index in [1.165, 1.54) is 4.90 Å². The number of amides is 3. The molecular weight excluding hydrogens is 473 g/mol. The largest absolute Gasteiger partial charge is 0.501 e. The Kier molecular flexibility index (Phi) is 5.72. The summed E-state index contributed by atoms with van der Waals surface area (Å²) in [6.45, 7) is -0.150. The van der Waals surface area contributed by atoms with Crippen LogP contribution in [-0.2, 0) is 21.2 Å². The molecule has 34 heavy (non-hydrogen) atoms. The molecule has 0 radical (unpaired) electrons. The van der Waals surface area contributed by atoms with Crippen LogP contribution in [0.3, 0.4) is 0 Å². The van der Waals surface area contributed by atoms with Gasteiger partial charge in [0.25, 0.3) is 15.7 Å². The lowest BCUT2D eigenvalue weighted by Gasteiger charge is -2.23. The number of benzene rings is 2. The van der Waals surface area contributed by atoms with Crippen molar-refractivity contribution in [2.45, 2.75) is 16.9 Å². The van der Waals surface area contributed by atoms with Gasteiger partial charge in [0.15, 0.2) is 0 Å². The molecule has 1 aliphatic rings. The topological polar surface area (TPSA) is 90.9 Å². The normalized spacial score (nSPS) is 14.9. The lowest BCUT2D eigenvalue weighted by molar-refractivity contribution is -0.116. The number of anilines is 2. The number of carbonyl (C=O) groups excluding carboxylic acids is 2. The Balaban J connectivity index is 1.65. The maximum atomic E-state index is 13.1. The molecular formula is C22H19F3N4O4S. The molecule has 2 heterocycles. The van der Waals surface area contributed by atoms with E-state index in [-0.39, 0.29) is 18.8 Å². The number of hydrogen-bond donors (Lipinski definition) is 0. The zero-order valence-corrected chi connectivity index (χ0v) is 18.9. The Hall–Kier alpha value is -3.67. The van der Waals surface area contributed by atoms with Crippen molar-refractivity contribution in [1.29, 1.82) is 0 Å². The van der Waals surface area contributed by atoms with Crippen molar-refractivity contribution in [3.05, 3.63) is 60.3 Å². The van der Waals surface area contributed by atoms with Crippen molar-refractivity contribution >= 4 is 44.1 Å². The van der Waals surface area contributed by atoms with Crippen molar-refractivity contribution in [2.24, 2.45) is 0 Å². The molecule has 1 aromatic heterocycles. The quantitative estimate of drug-likeness (QED) is 0.506. The zero-order valence-electron chi connectivity index (χ0n) is 18.1. The maximum absolute atomic E-state index is 13.1. The fourth-order valence-electron chi connectivity index (χ4n) is 3.77. The van der Waals surface area contributed by atoms with Gasteiger partial charge in [-0.1, -0.05) is 18.2 Å². The number of rotatable bonds is 5. The van der Waals surface area contributed by atoms with E-state index in [2.05, 4.69) is 4.98 Å². The second-order valence-electron chi connectivity index (χ2n) is 7.84. The van der Waals surface area contributed by atoms with E-state index in [0.29, 0.717) is 0 Å². The smallest absolute Gasteiger partial charge is 0.376 e. The first-order valence-corrected chi connectivity index (χ1v) is 11.5. The molecule has 2 aromatic carbocycles. The average molecular weight is 492 g/mol. The third-order valence-corrected chi connectivity index (χ3v) is 6.94. The fraction of sp³-hybridized carbons (Fsp3) is 0.227. The van der Waals surface area contributed by atoms with Crippen molar-refractivity contribution < 1.29 is 31.2 Å². The highest BCUT2D eigenvalue weighted by Crippen LogP contribution is 2.33. The number of halogens is 3. The highest BCUT2D eigenvalue weighted by molar-refractivity contribution is 7.92. The van der Waals surface area contributed by atoms with Crippen LogP contribution < -0.4 is 9.80 Å². The third kappa shape index (κ3) is 3.94. The van der Waals surface area contributed by atoms with Crippen LogP contribution in [0.15, 0.2) is 59.6 Å². The Labute approximate surface area is 193 Å². The van der Waals surface area contributed by atoms with Gasteiger partial charge in [-0.2, -0.15) is 13.2 Å². The number of nitrogens with zero attached hydrogens (tertiary/aromatic N) is 4. The van der Waals surface area contributed by atoms with Crippen LogP contribution in [0.25, 0.3) is 10.9 Å². The van der Waals surface area contributed by atoms with Crippen LogP contribution in [-0.4, -0.2) is 56.4 Å². The molecule has 1 aliphatic heterocycles. The summed E-state index contributed by atoms with van der Waals surface area (Å²) in [5, 5.41) is 0.814. The fourth-order valence-corrected chi connectivity index (χ4v) is 4.53. The molecule has 8 nitrogen and oxygen atoms in total. The van der Waals surface area contributed by atoms with E-state index in [9.17, 15) is 31.2 Å². The summed E-state index contributed by atoms with van der Waals surface area (Å²) in [5.74, 6) is -0.582. The molecule has 0 atom stereocenters. The van der Waals surface area contributed by atoms with Gasteiger partial charge in [-0.05, 0) is 30.3 Å². The molecule has 3 amide bonds. The molecule has 0 spiro atoms. The molecule has 12 heteroatoms. The van der Waals surface area contributed by atoms with E-state index in [1.807, 2.05) is 43.3 Å². The number of aromatic nitrogens is 1. The summed E-state index contributed by atoms with van der Waals surface area (Å²) in [4.78, 5) is 33.2. The molecule has 0 aliphatic carbocycles. The van der Waals surface area contributed by atoms with Gasteiger partial charge in [0.2, 0.25) is 0 Å². The van der Waals surface area contributed by atoms with E-state index in [1.54, 1.807) is 6.20 Å². The van der Waals surface area contributed by atoms with Crippen LogP contribution in [0.1, 0.15) is 5.56 Å². The molecule has 4 rings (SSSR count). The van der Waals surface area contributed by atoms with Crippen LogP contribution in [0.5, 0.6) is 0 Å². The lowest BCUT2D eigenvalue weighted by atomic mass is 10.1.